The molecule has 0 radical (unpaired) electrons. The molecule has 2 N–H and O–H groups in total. The first-order valence-electron chi connectivity index (χ1n) is 8.06. The van der Waals surface area contributed by atoms with Crippen molar-refractivity contribution in [3.8, 4) is 11.3 Å². The molecule has 0 saturated carbocycles. The standard InChI is InChI=1S/C18H21FN2O2.ClH/c19-16-6-2-1-5-15(16)17-9-7-14(23-17)8-10-18(22)21-13-4-3-11-20-12-13;/h1-2,5-7,9,13,20H,3-4,8,10-12H2,(H,21,22);1H/t13-;/m0./s1. The Bertz CT molecular complexity index is 669. The Kier molecular flexibility index (Phi) is 6.82. The van der Waals surface area contributed by atoms with Gasteiger partial charge in [0, 0.05) is 25.4 Å². The van der Waals surface area contributed by atoms with Gasteiger partial charge in [-0.3, -0.25) is 4.79 Å². The number of benzene rings is 1. The summed E-state index contributed by atoms with van der Waals surface area (Å²) in [5.74, 6) is 0.911. The van der Waals surface area contributed by atoms with Crippen molar-refractivity contribution in [1.82, 2.24) is 10.6 Å². The van der Waals surface area contributed by atoms with Gasteiger partial charge in [0.25, 0.3) is 0 Å². The zero-order valence-corrected chi connectivity index (χ0v) is 14.2. The second kappa shape index (κ2) is 8.85. The highest BCUT2D eigenvalue weighted by atomic mass is 35.5. The van der Waals surface area contributed by atoms with Gasteiger partial charge in [0.05, 0.1) is 5.56 Å². The molecule has 1 amide bonds. The molecule has 4 nitrogen and oxygen atoms in total. The van der Waals surface area contributed by atoms with E-state index in [9.17, 15) is 9.18 Å². The summed E-state index contributed by atoms with van der Waals surface area (Å²) in [5, 5.41) is 6.31. The molecule has 1 fully saturated rings. The Balaban J connectivity index is 0.00000208. The normalized spacial score (nSPS) is 17.1. The van der Waals surface area contributed by atoms with Crippen molar-refractivity contribution in [2.24, 2.45) is 0 Å². The monoisotopic (exact) mass is 352 g/mol. The quantitative estimate of drug-likeness (QED) is 0.868. The summed E-state index contributed by atoms with van der Waals surface area (Å²) in [6.07, 6.45) is 3.01. The highest BCUT2D eigenvalue weighted by Gasteiger charge is 2.16. The Hall–Kier alpha value is -1.85. The van der Waals surface area contributed by atoms with Crippen molar-refractivity contribution in [3.63, 3.8) is 0 Å². The van der Waals surface area contributed by atoms with Crippen molar-refractivity contribution in [1.29, 1.82) is 0 Å². The van der Waals surface area contributed by atoms with Gasteiger partial charge in [-0.1, -0.05) is 12.1 Å². The number of carbonyl (C=O) groups excluding carboxylic acids is 1. The predicted molar refractivity (Wildman–Crippen MR) is 93.7 cm³/mol. The lowest BCUT2D eigenvalue weighted by molar-refractivity contribution is -0.121. The summed E-state index contributed by atoms with van der Waals surface area (Å²) in [5.41, 5.74) is 0.441. The van der Waals surface area contributed by atoms with Crippen molar-refractivity contribution in [2.75, 3.05) is 13.1 Å². The highest BCUT2D eigenvalue weighted by Crippen LogP contribution is 2.25. The van der Waals surface area contributed by atoms with Gasteiger partial charge in [-0.15, -0.1) is 12.4 Å². The second-order valence-corrected chi connectivity index (χ2v) is 5.86. The minimum Gasteiger partial charge on any atom is -0.461 e. The molecule has 6 heteroatoms. The molecule has 0 aliphatic carbocycles. The third kappa shape index (κ3) is 4.82. The van der Waals surface area contributed by atoms with Gasteiger partial charge in [0.15, 0.2) is 0 Å². The minimum absolute atomic E-state index is 0. The number of piperidine rings is 1. The molecule has 1 aliphatic heterocycles. The first kappa shape index (κ1) is 18.5. The second-order valence-electron chi connectivity index (χ2n) is 5.86. The summed E-state index contributed by atoms with van der Waals surface area (Å²) in [4.78, 5) is 12.0. The lowest BCUT2D eigenvalue weighted by atomic mass is 10.1. The van der Waals surface area contributed by atoms with Gasteiger partial charge in [0.1, 0.15) is 17.3 Å². The largest absolute Gasteiger partial charge is 0.461 e. The van der Waals surface area contributed by atoms with Crippen molar-refractivity contribution >= 4 is 18.3 Å². The van der Waals surface area contributed by atoms with E-state index in [-0.39, 0.29) is 30.2 Å². The molecular weight excluding hydrogens is 331 g/mol. The van der Waals surface area contributed by atoms with Crippen LogP contribution in [-0.4, -0.2) is 25.0 Å². The summed E-state index contributed by atoms with van der Waals surface area (Å²) in [6, 6.07) is 10.3. The van der Waals surface area contributed by atoms with Crippen molar-refractivity contribution in [3.05, 3.63) is 48.0 Å². The van der Waals surface area contributed by atoms with E-state index >= 15 is 0 Å². The van der Waals surface area contributed by atoms with Gasteiger partial charge in [0.2, 0.25) is 5.91 Å². The van der Waals surface area contributed by atoms with Crippen LogP contribution in [0.1, 0.15) is 25.0 Å². The zero-order chi connectivity index (χ0) is 16.1. The average molecular weight is 353 g/mol. The van der Waals surface area contributed by atoms with Crippen LogP contribution >= 0.6 is 12.4 Å². The summed E-state index contributed by atoms with van der Waals surface area (Å²) >= 11 is 0. The number of amides is 1. The molecule has 1 saturated heterocycles. The Morgan fingerprint density at radius 3 is 2.88 bits per heavy atom. The molecule has 24 heavy (non-hydrogen) atoms. The van der Waals surface area contributed by atoms with E-state index in [1.54, 1.807) is 30.3 Å². The van der Waals surface area contributed by atoms with E-state index in [1.165, 1.54) is 6.07 Å². The van der Waals surface area contributed by atoms with Crippen LogP contribution in [-0.2, 0) is 11.2 Å². The first-order chi connectivity index (χ1) is 11.2. The molecule has 0 bridgehead atoms. The predicted octanol–water partition coefficient (Wildman–Crippen LogP) is 3.31. The van der Waals surface area contributed by atoms with Crippen LogP contribution in [0.3, 0.4) is 0 Å². The first-order valence-corrected chi connectivity index (χ1v) is 8.06. The Morgan fingerprint density at radius 1 is 1.29 bits per heavy atom. The molecule has 130 valence electrons. The molecule has 0 spiro atoms. The fourth-order valence-electron chi connectivity index (χ4n) is 2.83. The van der Waals surface area contributed by atoms with Gasteiger partial charge in [-0.25, -0.2) is 4.39 Å². The maximum Gasteiger partial charge on any atom is 0.220 e. The van der Waals surface area contributed by atoms with Crippen LogP contribution in [0.25, 0.3) is 11.3 Å². The minimum atomic E-state index is -0.309. The van der Waals surface area contributed by atoms with Gasteiger partial charge < -0.3 is 15.1 Å². The van der Waals surface area contributed by atoms with Gasteiger partial charge in [-0.05, 0) is 43.7 Å². The van der Waals surface area contributed by atoms with E-state index in [2.05, 4.69) is 10.6 Å². The smallest absolute Gasteiger partial charge is 0.220 e. The number of aryl methyl sites for hydroxylation is 1. The lowest BCUT2D eigenvalue weighted by Gasteiger charge is -2.23. The van der Waals surface area contributed by atoms with Crippen LogP contribution in [0, 0.1) is 5.82 Å². The van der Waals surface area contributed by atoms with Crippen LogP contribution < -0.4 is 10.6 Å². The zero-order valence-electron chi connectivity index (χ0n) is 13.4. The number of carbonyl (C=O) groups is 1. The number of hydrogen-bond acceptors (Lipinski definition) is 3. The molecule has 1 aromatic heterocycles. The molecule has 1 atom stereocenters. The number of hydrogen-bond donors (Lipinski definition) is 2. The fourth-order valence-corrected chi connectivity index (χ4v) is 2.83. The van der Waals surface area contributed by atoms with E-state index in [0.29, 0.717) is 29.9 Å². The molecular formula is C18H22ClFN2O2. The van der Waals surface area contributed by atoms with Crippen LogP contribution in [0.4, 0.5) is 4.39 Å². The lowest BCUT2D eigenvalue weighted by Crippen LogP contribution is -2.45. The van der Waals surface area contributed by atoms with Crippen LogP contribution in [0.5, 0.6) is 0 Å². The fraction of sp³-hybridized carbons (Fsp3) is 0.389. The number of nitrogens with one attached hydrogen (secondary N) is 2. The maximum atomic E-state index is 13.7. The third-order valence-corrected chi connectivity index (χ3v) is 4.06. The molecule has 2 aromatic rings. The number of halogens is 2. The van der Waals surface area contributed by atoms with Crippen LogP contribution in [0.15, 0.2) is 40.8 Å². The van der Waals surface area contributed by atoms with Gasteiger partial charge >= 0.3 is 0 Å². The van der Waals surface area contributed by atoms with E-state index in [1.807, 2.05) is 0 Å². The Labute approximate surface area is 147 Å². The van der Waals surface area contributed by atoms with Crippen molar-refractivity contribution in [2.45, 2.75) is 31.7 Å². The van der Waals surface area contributed by atoms with E-state index in [4.69, 9.17) is 4.42 Å². The highest BCUT2D eigenvalue weighted by molar-refractivity contribution is 5.85. The summed E-state index contributed by atoms with van der Waals surface area (Å²) in [6.45, 7) is 1.86. The SMILES string of the molecule is Cl.O=C(CCc1ccc(-c2ccccc2F)o1)N[C@H]1CCCNC1. The average Bonchev–Trinajstić information content (AvgIpc) is 3.03. The number of furan rings is 1. The van der Waals surface area contributed by atoms with E-state index < -0.39 is 0 Å². The van der Waals surface area contributed by atoms with Gasteiger partial charge in [-0.2, -0.15) is 0 Å². The maximum absolute atomic E-state index is 13.7. The molecule has 0 unspecified atom stereocenters. The van der Waals surface area contributed by atoms with Crippen LogP contribution in [0.2, 0.25) is 0 Å². The van der Waals surface area contributed by atoms with E-state index in [0.717, 1.165) is 25.9 Å². The molecule has 1 aromatic carbocycles. The molecule has 1 aliphatic rings. The summed E-state index contributed by atoms with van der Waals surface area (Å²) < 4.78 is 19.4. The number of rotatable bonds is 5. The molecule has 2 heterocycles. The topological polar surface area (TPSA) is 54.3 Å². The third-order valence-electron chi connectivity index (χ3n) is 4.06. The molecule has 3 rings (SSSR count). The Morgan fingerprint density at radius 2 is 2.12 bits per heavy atom. The summed E-state index contributed by atoms with van der Waals surface area (Å²) in [7, 11) is 0. The van der Waals surface area contributed by atoms with Crippen molar-refractivity contribution < 1.29 is 13.6 Å².